The van der Waals surface area contributed by atoms with Crippen LogP contribution in [-0.4, -0.2) is 31.9 Å². The molecule has 0 fully saturated rings. The molecule has 0 saturated carbocycles. The first kappa shape index (κ1) is 11.7. The third kappa shape index (κ3) is 2.77. The molecule has 2 unspecified atom stereocenters. The zero-order valence-electron chi connectivity index (χ0n) is 8.41. The maximum Gasteiger partial charge on any atom is 0.323 e. The minimum Gasteiger partial charge on any atom is -0.390 e. The number of hydrogen-bond acceptors (Lipinski definition) is 4. The van der Waals surface area contributed by atoms with Crippen molar-refractivity contribution in [3.05, 3.63) is 28.4 Å². The number of aliphatic hydroxyl groups excluding tert-OH is 2. The first-order valence-corrected chi connectivity index (χ1v) is 4.72. The number of aromatic nitrogens is 1. The predicted molar refractivity (Wildman–Crippen MR) is 53.4 cm³/mol. The van der Waals surface area contributed by atoms with Gasteiger partial charge >= 0.3 is 5.82 Å². The molecule has 1 aromatic rings. The summed E-state index contributed by atoms with van der Waals surface area (Å²) in [6.45, 7) is 1.76. The normalized spacial score (nSPS) is 14.9. The van der Waals surface area contributed by atoms with Gasteiger partial charge in [-0.2, -0.15) is 0 Å². The lowest BCUT2D eigenvalue weighted by Gasteiger charge is -2.14. The van der Waals surface area contributed by atoms with Crippen LogP contribution in [0.25, 0.3) is 0 Å². The second kappa shape index (κ2) is 4.90. The zero-order valence-corrected chi connectivity index (χ0v) is 8.41. The van der Waals surface area contributed by atoms with Gasteiger partial charge in [-0.15, -0.1) is 0 Å². The summed E-state index contributed by atoms with van der Waals surface area (Å²) < 4.78 is 1.31. The maximum absolute atomic E-state index is 10.5. The average molecular weight is 214 g/mol. The summed E-state index contributed by atoms with van der Waals surface area (Å²) in [5.41, 5.74) is 0. The molecule has 15 heavy (non-hydrogen) atoms. The molecule has 0 aromatic carbocycles. The number of rotatable bonds is 5. The number of nitro groups is 1. The van der Waals surface area contributed by atoms with Crippen molar-refractivity contribution >= 4 is 5.82 Å². The first-order chi connectivity index (χ1) is 7.06. The van der Waals surface area contributed by atoms with Gasteiger partial charge in [0.15, 0.2) is 0 Å². The van der Waals surface area contributed by atoms with Crippen LogP contribution in [0.1, 0.15) is 13.3 Å². The second-order valence-electron chi connectivity index (χ2n) is 3.32. The lowest BCUT2D eigenvalue weighted by atomic mass is 10.1. The molecule has 0 aliphatic heterocycles. The molecule has 6 heteroatoms. The van der Waals surface area contributed by atoms with E-state index in [-0.39, 0.29) is 12.4 Å². The fourth-order valence-corrected chi connectivity index (χ4v) is 1.32. The van der Waals surface area contributed by atoms with Crippen molar-refractivity contribution in [2.75, 3.05) is 0 Å². The van der Waals surface area contributed by atoms with Gasteiger partial charge in [0, 0.05) is 6.07 Å². The fraction of sp³-hybridized carbons (Fsp3) is 0.556. The third-order valence-corrected chi connectivity index (χ3v) is 2.24. The SMILES string of the molecule is CCC(O)C(O)Cn1cccc1[N+](=O)[O-]. The molecule has 0 radical (unpaired) electrons. The van der Waals surface area contributed by atoms with Gasteiger partial charge in [-0.05, 0) is 17.4 Å². The van der Waals surface area contributed by atoms with E-state index >= 15 is 0 Å². The van der Waals surface area contributed by atoms with E-state index in [1.165, 1.54) is 22.9 Å². The molecule has 0 aliphatic carbocycles. The van der Waals surface area contributed by atoms with Crippen LogP contribution < -0.4 is 0 Å². The fourth-order valence-electron chi connectivity index (χ4n) is 1.32. The summed E-state index contributed by atoms with van der Waals surface area (Å²) in [6, 6.07) is 2.88. The van der Waals surface area contributed by atoms with E-state index in [1.54, 1.807) is 6.92 Å². The average Bonchev–Trinajstić information content (AvgIpc) is 2.64. The van der Waals surface area contributed by atoms with Gasteiger partial charge in [0.2, 0.25) is 0 Å². The minimum absolute atomic E-state index is 0.0261. The van der Waals surface area contributed by atoms with Crippen molar-refractivity contribution in [2.24, 2.45) is 0 Å². The van der Waals surface area contributed by atoms with Gasteiger partial charge in [0.05, 0.1) is 12.3 Å². The van der Waals surface area contributed by atoms with Crippen LogP contribution in [0, 0.1) is 10.1 Å². The Kier molecular flexibility index (Phi) is 3.81. The van der Waals surface area contributed by atoms with E-state index in [0.717, 1.165) is 0 Å². The van der Waals surface area contributed by atoms with Crippen molar-refractivity contribution < 1.29 is 15.1 Å². The van der Waals surface area contributed by atoms with Crippen LogP contribution in [0.4, 0.5) is 5.82 Å². The van der Waals surface area contributed by atoms with Gasteiger partial charge < -0.3 is 20.3 Å². The van der Waals surface area contributed by atoms with Crippen molar-refractivity contribution in [3.8, 4) is 0 Å². The molecule has 84 valence electrons. The lowest BCUT2D eigenvalue weighted by Crippen LogP contribution is -2.29. The van der Waals surface area contributed by atoms with E-state index < -0.39 is 17.1 Å². The molecule has 1 aromatic heterocycles. The predicted octanol–water partition coefficient (Wildman–Crippen LogP) is 0.528. The van der Waals surface area contributed by atoms with E-state index in [1.807, 2.05) is 0 Å². The van der Waals surface area contributed by atoms with Crippen molar-refractivity contribution in [3.63, 3.8) is 0 Å². The van der Waals surface area contributed by atoms with Crippen molar-refractivity contribution in [2.45, 2.75) is 32.1 Å². The Morgan fingerprint density at radius 2 is 2.20 bits per heavy atom. The molecular weight excluding hydrogens is 200 g/mol. The van der Waals surface area contributed by atoms with E-state index in [0.29, 0.717) is 6.42 Å². The summed E-state index contributed by atoms with van der Waals surface area (Å²) in [4.78, 5) is 10.0. The minimum atomic E-state index is -0.985. The van der Waals surface area contributed by atoms with Crippen LogP contribution >= 0.6 is 0 Å². The highest BCUT2D eigenvalue weighted by molar-refractivity contribution is 5.21. The molecule has 0 amide bonds. The Balaban J connectivity index is 2.72. The summed E-state index contributed by atoms with van der Waals surface area (Å²) in [5, 5.41) is 29.4. The quantitative estimate of drug-likeness (QED) is 0.552. The molecule has 2 atom stereocenters. The molecular formula is C9H14N2O4. The number of aliphatic hydroxyl groups is 2. The van der Waals surface area contributed by atoms with Gasteiger partial charge in [0.1, 0.15) is 12.6 Å². The molecule has 1 rings (SSSR count). The molecule has 0 spiro atoms. The van der Waals surface area contributed by atoms with Crippen molar-refractivity contribution in [1.82, 2.24) is 4.57 Å². The van der Waals surface area contributed by atoms with Gasteiger partial charge in [-0.3, -0.25) is 0 Å². The van der Waals surface area contributed by atoms with E-state index in [2.05, 4.69) is 0 Å². The van der Waals surface area contributed by atoms with Crippen LogP contribution in [0.15, 0.2) is 18.3 Å². The highest BCUT2D eigenvalue weighted by atomic mass is 16.6. The first-order valence-electron chi connectivity index (χ1n) is 4.72. The Labute approximate surface area is 86.9 Å². The van der Waals surface area contributed by atoms with Crippen molar-refractivity contribution in [1.29, 1.82) is 0 Å². The summed E-state index contributed by atoms with van der Waals surface area (Å²) >= 11 is 0. The molecule has 2 N–H and O–H groups in total. The van der Waals surface area contributed by atoms with E-state index in [4.69, 9.17) is 0 Å². The molecule has 0 aliphatic rings. The summed E-state index contributed by atoms with van der Waals surface area (Å²) in [6.07, 6.45) is 0.0769. The number of nitrogens with zero attached hydrogens (tertiary/aromatic N) is 2. The maximum atomic E-state index is 10.5. The second-order valence-corrected chi connectivity index (χ2v) is 3.32. The van der Waals surface area contributed by atoms with Crippen LogP contribution in [0.5, 0.6) is 0 Å². The highest BCUT2D eigenvalue weighted by Crippen LogP contribution is 2.13. The van der Waals surface area contributed by atoms with Gasteiger partial charge in [-0.1, -0.05) is 6.92 Å². The lowest BCUT2D eigenvalue weighted by molar-refractivity contribution is -0.392. The van der Waals surface area contributed by atoms with Gasteiger partial charge in [-0.25, -0.2) is 4.57 Å². The van der Waals surface area contributed by atoms with Gasteiger partial charge in [0.25, 0.3) is 0 Å². The smallest absolute Gasteiger partial charge is 0.323 e. The summed E-state index contributed by atoms with van der Waals surface area (Å²) in [7, 11) is 0. The Hall–Kier alpha value is -1.40. The third-order valence-electron chi connectivity index (χ3n) is 2.24. The standard InChI is InChI=1S/C9H14N2O4/c1-2-7(12)8(13)6-10-5-3-4-9(10)11(14)15/h3-5,7-8,12-13H,2,6H2,1H3. The van der Waals surface area contributed by atoms with Crippen LogP contribution in [-0.2, 0) is 6.54 Å². The summed E-state index contributed by atoms with van der Waals surface area (Å²) in [5.74, 6) is -0.0858. The Morgan fingerprint density at radius 3 is 2.73 bits per heavy atom. The van der Waals surface area contributed by atoms with Crippen LogP contribution in [0.2, 0.25) is 0 Å². The number of hydrogen-bond donors (Lipinski definition) is 2. The van der Waals surface area contributed by atoms with Crippen LogP contribution in [0.3, 0.4) is 0 Å². The molecule has 0 saturated heterocycles. The topological polar surface area (TPSA) is 88.5 Å². The largest absolute Gasteiger partial charge is 0.390 e. The highest BCUT2D eigenvalue weighted by Gasteiger charge is 2.20. The molecule has 0 bridgehead atoms. The molecule has 6 nitrogen and oxygen atoms in total. The monoisotopic (exact) mass is 214 g/mol. The molecule has 1 heterocycles. The Morgan fingerprint density at radius 1 is 1.53 bits per heavy atom. The van der Waals surface area contributed by atoms with E-state index in [9.17, 15) is 20.3 Å². The zero-order chi connectivity index (χ0) is 11.4. The Bertz CT molecular complexity index is 337.